The predicted octanol–water partition coefficient (Wildman–Crippen LogP) is 4.42. The van der Waals surface area contributed by atoms with Crippen LogP contribution in [0.5, 0.6) is 0 Å². The molecule has 0 aliphatic carbocycles. The molecule has 1 atom stereocenters. The summed E-state index contributed by atoms with van der Waals surface area (Å²) in [5.41, 5.74) is 1.04. The Morgan fingerprint density at radius 3 is 2.56 bits per heavy atom. The lowest BCUT2D eigenvalue weighted by atomic mass is 10.2. The van der Waals surface area contributed by atoms with Crippen molar-refractivity contribution in [3.8, 4) is 0 Å². The molecule has 16 heavy (non-hydrogen) atoms. The molecule has 0 aliphatic heterocycles. The molecule has 0 fully saturated rings. The fourth-order valence-electron chi connectivity index (χ4n) is 1.49. The third-order valence-corrected chi connectivity index (χ3v) is 5.34. The van der Waals surface area contributed by atoms with E-state index in [1.165, 1.54) is 16.2 Å². The van der Waals surface area contributed by atoms with Crippen LogP contribution in [0, 0.1) is 6.92 Å². The van der Waals surface area contributed by atoms with Crippen molar-refractivity contribution in [2.45, 2.75) is 26.4 Å². The van der Waals surface area contributed by atoms with Crippen molar-refractivity contribution < 1.29 is 5.11 Å². The fourth-order valence-corrected chi connectivity index (χ4v) is 3.75. The zero-order chi connectivity index (χ0) is 11.7. The molecule has 0 saturated carbocycles. The monoisotopic (exact) mass is 272 g/mol. The second-order valence-electron chi connectivity index (χ2n) is 3.67. The number of thiophene rings is 2. The molecule has 2 rings (SSSR count). The summed E-state index contributed by atoms with van der Waals surface area (Å²) in [5.74, 6) is 0. The van der Waals surface area contributed by atoms with Crippen LogP contribution in [0.2, 0.25) is 4.34 Å². The van der Waals surface area contributed by atoms with Gasteiger partial charge in [0.15, 0.2) is 0 Å². The van der Waals surface area contributed by atoms with Crippen LogP contribution in [-0.2, 0) is 6.42 Å². The van der Waals surface area contributed by atoms with Gasteiger partial charge in [0.1, 0.15) is 6.10 Å². The maximum absolute atomic E-state index is 10.2. The Kier molecular flexibility index (Phi) is 3.70. The first kappa shape index (κ1) is 12.1. The van der Waals surface area contributed by atoms with Gasteiger partial charge in [-0.15, -0.1) is 22.7 Å². The highest BCUT2D eigenvalue weighted by Crippen LogP contribution is 2.36. The second-order valence-corrected chi connectivity index (χ2v) is 6.55. The van der Waals surface area contributed by atoms with Crippen molar-refractivity contribution in [3.63, 3.8) is 0 Å². The van der Waals surface area contributed by atoms with Gasteiger partial charge in [-0.2, -0.15) is 0 Å². The minimum atomic E-state index is -0.526. The summed E-state index contributed by atoms with van der Waals surface area (Å²) in [7, 11) is 0. The van der Waals surface area contributed by atoms with Crippen LogP contribution in [0.3, 0.4) is 0 Å². The summed E-state index contributed by atoms with van der Waals surface area (Å²) in [6, 6.07) is 6.03. The molecule has 1 N–H and O–H groups in total. The largest absolute Gasteiger partial charge is 0.382 e. The lowest BCUT2D eigenvalue weighted by Gasteiger charge is -2.04. The molecule has 0 aromatic carbocycles. The van der Waals surface area contributed by atoms with E-state index in [9.17, 15) is 5.11 Å². The van der Waals surface area contributed by atoms with Gasteiger partial charge in [0, 0.05) is 14.6 Å². The highest BCUT2D eigenvalue weighted by molar-refractivity contribution is 7.17. The summed E-state index contributed by atoms with van der Waals surface area (Å²) < 4.78 is 0.765. The molecule has 0 radical (unpaired) electrons. The zero-order valence-corrected chi connectivity index (χ0v) is 11.5. The van der Waals surface area contributed by atoms with E-state index in [0.29, 0.717) is 0 Å². The molecule has 0 amide bonds. The van der Waals surface area contributed by atoms with Crippen LogP contribution >= 0.6 is 34.3 Å². The summed E-state index contributed by atoms with van der Waals surface area (Å²) in [6.07, 6.45) is 0.489. The van der Waals surface area contributed by atoms with Crippen LogP contribution < -0.4 is 0 Å². The molecule has 0 aliphatic rings. The van der Waals surface area contributed by atoms with Crippen LogP contribution in [0.1, 0.15) is 33.2 Å². The zero-order valence-electron chi connectivity index (χ0n) is 9.16. The Morgan fingerprint density at radius 1 is 1.31 bits per heavy atom. The van der Waals surface area contributed by atoms with Crippen molar-refractivity contribution in [2.24, 2.45) is 0 Å². The van der Waals surface area contributed by atoms with E-state index in [1.807, 2.05) is 19.1 Å². The van der Waals surface area contributed by atoms with Crippen LogP contribution in [-0.4, -0.2) is 5.11 Å². The molecule has 2 heterocycles. The van der Waals surface area contributed by atoms with Gasteiger partial charge in [-0.05, 0) is 37.1 Å². The SMILES string of the molecule is CCc1ccc(C(O)c2cc(C)c(Cl)s2)s1. The Labute approximate surface area is 108 Å². The topological polar surface area (TPSA) is 20.2 Å². The van der Waals surface area contributed by atoms with E-state index in [1.54, 1.807) is 11.3 Å². The highest BCUT2D eigenvalue weighted by atomic mass is 35.5. The second kappa shape index (κ2) is 4.88. The van der Waals surface area contributed by atoms with Crippen LogP contribution in [0.4, 0.5) is 0 Å². The summed E-state index contributed by atoms with van der Waals surface area (Å²) in [6.45, 7) is 4.08. The predicted molar refractivity (Wildman–Crippen MR) is 71.8 cm³/mol. The smallest absolute Gasteiger partial charge is 0.122 e. The van der Waals surface area contributed by atoms with E-state index in [-0.39, 0.29) is 0 Å². The first-order chi connectivity index (χ1) is 7.61. The molecule has 86 valence electrons. The van der Waals surface area contributed by atoms with Crippen LogP contribution in [0.25, 0.3) is 0 Å². The molecule has 2 aromatic rings. The van der Waals surface area contributed by atoms with Gasteiger partial charge >= 0.3 is 0 Å². The summed E-state index contributed by atoms with van der Waals surface area (Å²) in [4.78, 5) is 3.22. The van der Waals surface area contributed by atoms with E-state index >= 15 is 0 Å². The third-order valence-electron chi connectivity index (χ3n) is 2.45. The third kappa shape index (κ3) is 2.33. The molecule has 0 spiro atoms. The molecule has 0 bridgehead atoms. The Morgan fingerprint density at radius 2 is 2.06 bits per heavy atom. The Balaban J connectivity index is 2.27. The van der Waals surface area contributed by atoms with Gasteiger partial charge in [0.25, 0.3) is 0 Å². The van der Waals surface area contributed by atoms with Crippen molar-refractivity contribution >= 4 is 34.3 Å². The molecule has 1 unspecified atom stereocenters. The molecule has 2 aromatic heterocycles. The molecular formula is C12H13ClOS2. The average molecular weight is 273 g/mol. The Bertz CT molecular complexity index is 467. The van der Waals surface area contributed by atoms with E-state index in [4.69, 9.17) is 11.6 Å². The standard InChI is InChI=1S/C12H13ClOS2/c1-3-8-4-5-9(15-8)11(14)10-6-7(2)12(13)16-10/h4-6,11,14H,3H2,1-2H3. The van der Waals surface area contributed by atoms with Gasteiger partial charge in [-0.1, -0.05) is 18.5 Å². The van der Waals surface area contributed by atoms with Crippen molar-refractivity contribution in [2.75, 3.05) is 0 Å². The van der Waals surface area contributed by atoms with Crippen molar-refractivity contribution in [1.82, 2.24) is 0 Å². The number of aliphatic hydroxyl groups excluding tert-OH is 1. The maximum atomic E-state index is 10.2. The van der Waals surface area contributed by atoms with Gasteiger partial charge in [0.05, 0.1) is 4.34 Å². The minimum Gasteiger partial charge on any atom is -0.382 e. The number of halogens is 1. The number of aryl methyl sites for hydroxylation is 2. The average Bonchev–Trinajstić information content (AvgIpc) is 2.86. The summed E-state index contributed by atoms with van der Waals surface area (Å²) >= 11 is 9.12. The number of rotatable bonds is 3. The van der Waals surface area contributed by atoms with E-state index in [0.717, 1.165) is 26.1 Å². The Hall–Kier alpha value is -0.350. The number of hydrogen-bond acceptors (Lipinski definition) is 3. The van der Waals surface area contributed by atoms with Crippen molar-refractivity contribution in [1.29, 1.82) is 0 Å². The first-order valence-corrected chi connectivity index (χ1v) is 7.15. The van der Waals surface area contributed by atoms with Gasteiger partial charge in [-0.25, -0.2) is 0 Å². The van der Waals surface area contributed by atoms with E-state index in [2.05, 4.69) is 13.0 Å². The first-order valence-electron chi connectivity index (χ1n) is 5.14. The fraction of sp³-hybridized carbons (Fsp3) is 0.333. The van der Waals surface area contributed by atoms with E-state index < -0.39 is 6.10 Å². The van der Waals surface area contributed by atoms with Gasteiger partial charge in [-0.3, -0.25) is 0 Å². The molecule has 1 nitrogen and oxygen atoms in total. The van der Waals surface area contributed by atoms with Gasteiger partial charge in [0.2, 0.25) is 0 Å². The maximum Gasteiger partial charge on any atom is 0.122 e. The lowest BCUT2D eigenvalue weighted by Crippen LogP contribution is -1.92. The number of hydrogen-bond donors (Lipinski definition) is 1. The molecule has 0 saturated heterocycles. The van der Waals surface area contributed by atoms with Crippen LogP contribution in [0.15, 0.2) is 18.2 Å². The normalized spacial score (nSPS) is 13.0. The number of aliphatic hydroxyl groups is 1. The molecular weight excluding hydrogens is 260 g/mol. The molecule has 4 heteroatoms. The lowest BCUT2D eigenvalue weighted by molar-refractivity contribution is 0.228. The van der Waals surface area contributed by atoms with Gasteiger partial charge < -0.3 is 5.11 Å². The quantitative estimate of drug-likeness (QED) is 0.877. The minimum absolute atomic E-state index is 0.526. The summed E-state index contributed by atoms with van der Waals surface area (Å²) in [5, 5.41) is 10.2. The van der Waals surface area contributed by atoms with Crippen molar-refractivity contribution in [3.05, 3.63) is 42.7 Å². The highest BCUT2D eigenvalue weighted by Gasteiger charge is 2.16.